The molecule has 2 fully saturated rings. The predicted octanol–water partition coefficient (Wildman–Crippen LogP) is 2.87. The van der Waals surface area contributed by atoms with E-state index in [0.29, 0.717) is 5.56 Å². The van der Waals surface area contributed by atoms with Gasteiger partial charge in [-0.15, -0.1) is 0 Å². The van der Waals surface area contributed by atoms with E-state index in [9.17, 15) is 4.79 Å². The summed E-state index contributed by atoms with van der Waals surface area (Å²) < 4.78 is 0. The summed E-state index contributed by atoms with van der Waals surface area (Å²) in [4.78, 5) is 12.9. The van der Waals surface area contributed by atoms with E-state index >= 15 is 0 Å². The number of benzene rings is 1. The standard InChI is InChI=1S/C17H21N3O/c1-17(2)9-3-10-19-11-8-15(20(19)16(17)21)14-6-4-13(12-18)5-7-14/h4-7,15H,3,8-11H2,1-2H3. The van der Waals surface area contributed by atoms with Crippen molar-refractivity contribution >= 4 is 5.91 Å². The van der Waals surface area contributed by atoms with Gasteiger partial charge in [-0.3, -0.25) is 9.80 Å². The summed E-state index contributed by atoms with van der Waals surface area (Å²) in [6, 6.07) is 9.90. The molecule has 0 aromatic heterocycles. The zero-order valence-electron chi connectivity index (χ0n) is 12.7. The Bertz CT molecular complexity index is 585. The number of rotatable bonds is 1. The fourth-order valence-corrected chi connectivity index (χ4v) is 3.40. The number of hydrazine groups is 1. The molecule has 2 heterocycles. The van der Waals surface area contributed by atoms with E-state index in [2.05, 4.69) is 11.1 Å². The van der Waals surface area contributed by atoms with E-state index in [-0.39, 0.29) is 17.4 Å². The van der Waals surface area contributed by atoms with E-state index < -0.39 is 0 Å². The first-order valence-electron chi connectivity index (χ1n) is 7.61. The van der Waals surface area contributed by atoms with Crippen LogP contribution in [0.3, 0.4) is 0 Å². The molecule has 1 unspecified atom stereocenters. The van der Waals surface area contributed by atoms with Gasteiger partial charge in [0, 0.05) is 18.5 Å². The van der Waals surface area contributed by atoms with E-state index in [1.807, 2.05) is 43.1 Å². The quantitative estimate of drug-likeness (QED) is 0.796. The minimum Gasteiger partial charge on any atom is -0.273 e. The molecule has 4 heteroatoms. The molecule has 0 saturated carbocycles. The summed E-state index contributed by atoms with van der Waals surface area (Å²) in [7, 11) is 0. The molecule has 4 nitrogen and oxygen atoms in total. The number of carbonyl (C=O) groups excluding carboxylic acids is 1. The van der Waals surface area contributed by atoms with Crippen molar-refractivity contribution in [2.45, 2.75) is 39.2 Å². The SMILES string of the molecule is CC1(C)CCCN2CCC(c3ccc(C#N)cc3)N2C1=O. The van der Waals surface area contributed by atoms with Crippen LogP contribution in [0, 0.1) is 16.7 Å². The Balaban J connectivity index is 1.92. The molecule has 1 atom stereocenters. The van der Waals surface area contributed by atoms with Crippen molar-refractivity contribution in [3.05, 3.63) is 35.4 Å². The second kappa shape index (κ2) is 5.16. The fraction of sp³-hybridized carbons (Fsp3) is 0.529. The highest BCUT2D eigenvalue weighted by atomic mass is 16.2. The highest BCUT2D eigenvalue weighted by Crippen LogP contribution is 2.39. The normalized spacial score (nSPS) is 25.3. The van der Waals surface area contributed by atoms with E-state index in [1.54, 1.807) is 0 Å². The first kappa shape index (κ1) is 14.1. The lowest BCUT2D eigenvalue weighted by atomic mass is 9.86. The molecule has 1 amide bonds. The average Bonchev–Trinajstić information content (AvgIpc) is 2.85. The van der Waals surface area contributed by atoms with Crippen LogP contribution in [0.2, 0.25) is 0 Å². The molecule has 0 spiro atoms. The maximum Gasteiger partial charge on any atom is 0.243 e. The van der Waals surface area contributed by atoms with Gasteiger partial charge in [0.1, 0.15) is 0 Å². The maximum absolute atomic E-state index is 12.9. The van der Waals surface area contributed by atoms with Crippen molar-refractivity contribution in [1.29, 1.82) is 5.26 Å². The summed E-state index contributed by atoms with van der Waals surface area (Å²) in [5.74, 6) is 0.229. The topological polar surface area (TPSA) is 47.3 Å². The van der Waals surface area contributed by atoms with Crippen LogP contribution >= 0.6 is 0 Å². The second-order valence-corrected chi connectivity index (χ2v) is 6.63. The molecule has 110 valence electrons. The zero-order valence-corrected chi connectivity index (χ0v) is 12.7. The van der Waals surface area contributed by atoms with Gasteiger partial charge in [0.25, 0.3) is 0 Å². The summed E-state index contributed by atoms with van der Waals surface area (Å²) >= 11 is 0. The van der Waals surface area contributed by atoms with Crippen molar-refractivity contribution in [1.82, 2.24) is 10.0 Å². The predicted molar refractivity (Wildman–Crippen MR) is 79.9 cm³/mol. The van der Waals surface area contributed by atoms with Crippen molar-refractivity contribution in [3.8, 4) is 6.07 Å². The van der Waals surface area contributed by atoms with Gasteiger partial charge < -0.3 is 0 Å². The lowest BCUT2D eigenvalue weighted by Gasteiger charge is -2.34. The van der Waals surface area contributed by atoms with Gasteiger partial charge in [0.2, 0.25) is 5.91 Å². The van der Waals surface area contributed by atoms with Crippen LogP contribution in [0.25, 0.3) is 0 Å². The molecule has 2 saturated heterocycles. The largest absolute Gasteiger partial charge is 0.273 e. The van der Waals surface area contributed by atoms with Gasteiger partial charge in [-0.1, -0.05) is 26.0 Å². The minimum absolute atomic E-state index is 0.114. The molecule has 1 aromatic carbocycles. The Labute approximate surface area is 125 Å². The van der Waals surface area contributed by atoms with Gasteiger partial charge in [0.15, 0.2) is 0 Å². The third-order valence-corrected chi connectivity index (χ3v) is 4.69. The number of amides is 1. The average molecular weight is 283 g/mol. The van der Waals surface area contributed by atoms with Gasteiger partial charge in [-0.2, -0.15) is 5.26 Å². The molecular weight excluding hydrogens is 262 g/mol. The highest BCUT2D eigenvalue weighted by Gasteiger charge is 2.44. The summed E-state index contributed by atoms with van der Waals surface area (Å²) in [6.45, 7) is 5.99. The zero-order chi connectivity index (χ0) is 15.0. The Hall–Kier alpha value is -1.86. The number of nitriles is 1. The molecule has 0 N–H and O–H groups in total. The van der Waals surface area contributed by atoms with Crippen molar-refractivity contribution in [2.24, 2.45) is 5.41 Å². The maximum atomic E-state index is 12.9. The van der Waals surface area contributed by atoms with Gasteiger partial charge in [0.05, 0.1) is 17.7 Å². The number of fused-ring (bicyclic) bond motifs is 1. The van der Waals surface area contributed by atoms with E-state index in [1.165, 1.54) is 0 Å². The molecule has 1 aromatic rings. The molecular formula is C17H21N3O. The smallest absolute Gasteiger partial charge is 0.243 e. The number of hydrogen-bond donors (Lipinski definition) is 0. The van der Waals surface area contributed by atoms with Gasteiger partial charge in [-0.05, 0) is 37.0 Å². The Morgan fingerprint density at radius 3 is 2.62 bits per heavy atom. The summed E-state index contributed by atoms with van der Waals surface area (Å²) in [5, 5.41) is 13.1. The lowest BCUT2D eigenvalue weighted by molar-refractivity contribution is -0.154. The molecule has 0 radical (unpaired) electrons. The van der Waals surface area contributed by atoms with Crippen molar-refractivity contribution in [2.75, 3.05) is 13.1 Å². The van der Waals surface area contributed by atoms with Crippen LogP contribution in [0.4, 0.5) is 0 Å². The van der Waals surface area contributed by atoms with Crippen molar-refractivity contribution in [3.63, 3.8) is 0 Å². The summed E-state index contributed by atoms with van der Waals surface area (Å²) in [6.07, 6.45) is 2.97. The second-order valence-electron chi connectivity index (χ2n) is 6.63. The van der Waals surface area contributed by atoms with Crippen LogP contribution in [0.5, 0.6) is 0 Å². The summed E-state index contributed by atoms with van der Waals surface area (Å²) in [5.41, 5.74) is 1.50. The molecule has 0 bridgehead atoms. The van der Waals surface area contributed by atoms with Crippen LogP contribution in [0.15, 0.2) is 24.3 Å². The lowest BCUT2D eigenvalue weighted by Crippen LogP contribution is -2.45. The van der Waals surface area contributed by atoms with Gasteiger partial charge >= 0.3 is 0 Å². The third-order valence-electron chi connectivity index (χ3n) is 4.69. The third kappa shape index (κ3) is 2.43. The Morgan fingerprint density at radius 2 is 1.95 bits per heavy atom. The number of hydrogen-bond acceptors (Lipinski definition) is 3. The minimum atomic E-state index is -0.288. The Morgan fingerprint density at radius 1 is 1.24 bits per heavy atom. The van der Waals surface area contributed by atoms with Crippen LogP contribution in [0.1, 0.15) is 50.3 Å². The fourth-order valence-electron chi connectivity index (χ4n) is 3.40. The molecule has 0 aliphatic carbocycles. The first-order valence-corrected chi connectivity index (χ1v) is 7.61. The first-order chi connectivity index (χ1) is 10.0. The molecule has 2 aliphatic heterocycles. The van der Waals surface area contributed by atoms with E-state index in [4.69, 9.17) is 5.26 Å². The molecule has 21 heavy (non-hydrogen) atoms. The highest BCUT2D eigenvalue weighted by molar-refractivity contribution is 5.82. The van der Waals surface area contributed by atoms with E-state index in [0.717, 1.165) is 37.9 Å². The number of nitrogens with zero attached hydrogens (tertiary/aromatic N) is 3. The monoisotopic (exact) mass is 283 g/mol. The Kier molecular flexibility index (Phi) is 3.46. The number of carbonyl (C=O) groups is 1. The van der Waals surface area contributed by atoms with Crippen molar-refractivity contribution < 1.29 is 4.79 Å². The van der Waals surface area contributed by atoms with Crippen LogP contribution in [-0.2, 0) is 4.79 Å². The molecule has 2 aliphatic rings. The van der Waals surface area contributed by atoms with Gasteiger partial charge in [-0.25, -0.2) is 5.01 Å². The molecule has 3 rings (SSSR count). The van der Waals surface area contributed by atoms with Crippen LogP contribution < -0.4 is 0 Å². The van der Waals surface area contributed by atoms with Crippen LogP contribution in [-0.4, -0.2) is 29.0 Å².